The van der Waals surface area contributed by atoms with Crippen LogP contribution in [0.1, 0.15) is 19.3 Å². The standard InChI is InChI=1S/C14H14BrN3/c15-10-6-7-13-12(8-10)14(17-9-16-13)18-11-4-2-1-3-5-11/h1-2,6-9,11H,3-5H2,(H,16,17,18). The number of fused-ring (bicyclic) bond motifs is 1. The largest absolute Gasteiger partial charge is 0.366 e. The molecule has 18 heavy (non-hydrogen) atoms. The number of rotatable bonds is 2. The van der Waals surface area contributed by atoms with Crippen LogP contribution in [0.4, 0.5) is 5.82 Å². The lowest BCUT2D eigenvalue weighted by Gasteiger charge is -2.20. The molecule has 1 unspecified atom stereocenters. The molecule has 3 nitrogen and oxygen atoms in total. The molecule has 0 aliphatic heterocycles. The number of benzene rings is 1. The van der Waals surface area contributed by atoms with Gasteiger partial charge in [-0.05, 0) is 37.5 Å². The molecular weight excluding hydrogens is 290 g/mol. The van der Waals surface area contributed by atoms with Crippen LogP contribution in [0.3, 0.4) is 0 Å². The lowest BCUT2D eigenvalue weighted by Crippen LogP contribution is -2.21. The number of allylic oxidation sites excluding steroid dienone is 1. The van der Waals surface area contributed by atoms with Gasteiger partial charge in [0, 0.05) is 15.9 Å². The Morgan fingerprint density at radius 3 is 3.00 bits per heavy atom. The number of halogens is 1. The van der Waals surface area contributed by atoms with Gasteiger partial charge in [-0.2, -0.15) is 0 Å². The van der Waals surface area contributed by atoms with E-state index in [0.717, 1.165) is 40.5 Å². The highest BCUT2D eigenvalue weighted by Crippen LogP contribution is 2.25. The maximum absolute atomic E-state index is 4.37. The molecule has 1 aromatic carbocycles. The van der Waals surface area contributed by atoms with Crippen molar-refractivity contribution in [2.45, 2.75) is 25.3 Å². The third-order valence-electron chi connectivity index (χ3n) is 3.21. The Labute approximate surface area is 114 Å². The zero-order chi connectivity index (χ0) is 12.4. The Morgan fingerprint density at radius 1 is 1.22 bits per heavy atom. The van der Waals surface area contributed by atoms with Gasteiger partial charge in [-0.1, -0.05) is 28.1 Å². The minimum Gasteiger partial charge on any atom is -0.366 e. The zero-order valence-electron chi connectivity index (χ0n) is 9.94. The van der Waals surface area contributed by atoms with Gasteiger partial charge < -0.3 is 5.32 Å². The fourth-order valence-electron chi connectivity index (χ4n) is 2.26. The molecule has 2 aromatic rings. The van der Waals surface area contributed by atoms with Gasteiger partial charge in [-0.15, -0.1) is 0 Å². The van der Waals surface area contributed by atoms with Crippen molar-refractivity contribution in [3.63, 3.8) is 0 Å². The summed E-state index contributed by atoms with van der Waals surface area (Å²) in [6.45, 7) is 0. The van der Waals surface area contributed by atoms with Gasteiger partial charge in [0.05, 0.1) is 5.52 Å². The molecule has 0 fully saturated rings. The first-order valence-electron chi connectivity index (χ1n) is 6.15. The molecule has 1 aliphatic carbocycles. The van der Waals surface area contributed by atoms with Gasteiger partial charge >= 0.3 is 0 Å². The minimum absolute atomic E-state index is 0.479. The van der Waals surface area contributed by atoms with E-state index in [1.807, 2.05) is 12.1 Å². The number of hydrogen-bond donors (Lipinski definition) is 1. The monoisotopic (exact) mass is 303 g/mol. The highest BCUT2D eigenvalue weighted by atomic mass is 79.9. The van der Waals surface area contributed by atoms with E-state index >= 15 is 0 Å². The topological polar surface area (TPSA) is 37.8 Å². The van der Waals surface area contributed by atoms with E-state index in [-0.39, 0.29) is 0 Å². The van der Waals surface area contributed by atoms with E-state index in [4.69, 9.17) is 0 Å². The third kappa shape index (κ3) is 2.38. The molecule has 0 bridgehead atoms. The number of aromatic nitrogens is 2. The van der Waals surface area contributed by atoms with Crippen LogP contribution >= 0.6 is 15.9 Å². The van der Waals surface area contributed by atoms with Gasteiger partial charge in [0.25, 0.3) is 0 Å². The van der Waals surface area contributed by atoms with E-state index in [9.17, 15) is 0 Å². The second-order valence-electron chi connectivity index (χ2n) is 4.51. The predicted molar refractivity (Wildman–Crippen MR) is 77.6 cm³/mol. The lowest BCUT2D eigenvalue weighted by molar-refractivity contribution is 0.643. The Hall–Kier alpha value is -1.42. The van der Waals surface area contributed by atoms with E-state index in [2.05, 4.69) is 49.4 Å². The molecule has 0 saturated heterocycles. The molecule has 1 heterocycles. The third-order valence-corrected chi connectivity index (χ3v) is 3.70. The van der Waals surface area contributed by atoms with Crippen molar-refractivity contribution in [1.29, 1.82) is 0 Å². The van der Waals surface area contributed by atoms with Crippen molar-refractivity contribution < 1.29 is 0 Å². The van der Waals surface area contributed by atoms with Crippen molar-refractivity contribution in [3.05, 3.63) is 41.2 Å². The Morgan fingerprint density at radius 2 is 2.17 bits per heavy atom. The molecule has 4 heteroatoms. The maximum atomic E-state index is 4.37. The number of anilines is 1. The molecule has 0 spiro atoms. The molecule has 92 valence electrons. The molecule has 0 amide bonds. The first-order chi connectivity index (χ1) is 8.83. The quantitative estimate of drug-likeness (QED) is 0.855. The van der Waals surface area contributed by atoms with Crippen molar-refractivity contribution in [2.75, 3.05) is 5.32 Å². The summed E-state index contributed by atoms with van der Waals surface area (Å²) >= 11 is 3.50. The minimum atomic E-state index is 0.479. The average molecular weight is 304 g/mol. The Kier molecular flexibility index (Phi) is 3.28. The average Bonchev–Trinajstić information content (AvgIpc) is 2.41. The SMILES string of the molecule is Brc1ccc2ncnc(NC3CC=CCC3)c2c1. The van der Waals surface area contributed by atoms with Crippen LogP contribution in [0.15, 0.2) is 41.2 Å². The number of hydrogen-bond acceptors (Lipinski definition) is 3. The molecule has 1 aromatic heterocycles. The molecule has 0 saturated carbocycles. The summed E-state index contributed by atoms with van der Waals surface area (Å²) < 4.78 is 1.05. The van der Waals surface area contributed by atoms with Crippen LogP contribution in [0.5, 0.6) is 0 Å². The molecule has 1 aliphatic rings. The van der Waals surface area contributed by atoms with Crippen LogP contribution in [0.2, 0.25) is 0 Å². The first kappa shape index (κ1) is 11.7. The summed E-state index contributed by atoms with van der Waals surface area (Å²) in [5, 5.41) is 4.60. The van der Waals surface area contributed by atoms with Gasteiger partial charge in [0.1, 0.15) is 12.1 Å². The van der Waals surface area contributed by atoms with Gasteiger partial charge in [0.2, 0.25) is 0 Å². The van der Waals surface area contributed by atoms with Gasteiger partial charge in [-0.25, -0.2) is 9.97 Å². The fourth-order valence-corrected chi connectivity index (χ4v) is 2.62. The van der Waals surface area contributed by atoms with Crippen molar-refractivity contribution >= 4 is 32.7 Å². The van der Waals surface area contributed by atoms with Crippen LogP contribution in [-0.2, 0) is 0 Å². The summed E-state index contributed by atoms with van der Waals surface area (Å²) in [7, 11) is 0. The smallest absolute Gasteiger partial charge is 0.137 e. The molecular formula is C14H14BrN3. The second-order valence-corrected chi connectivity index (χ2v) is 5.43. The molecule has 1 atom stereocenters. The molecule has 1 N–H and O–H groups in total. The Bertz CT molecular complexity index is 595. The van der Waals surface area contributed by atoms with E-state index in [0.29, 0.717) is 6.04 Å². The van der Waals surface area contributed by atoms with Gasteiger partial charge in [0.15, 0.2) is 0 Å². The Balaban J connectivity index is 1.95. The highest BCUT2D eigenvalue weighted by molar-refractivity contribution is 9.10. The van der Waals surface area contributed by atoms with Crippen LogP contribution in [-0.4, -0.2) is 16.0 Å². The van der Waals surface area contributed by atoms with Crippen molar-refractivity contribution in [2.24, 2.45) is 0 Å². The normalized spacial score (nSPS) is 19.1. The first-order valence-corrected chi connectivity index (χ1v) is 6.94. The number of nitrogens with one attached hydrogen (secondary N) is 1. The van der Waals surface area contributed by atoms with Crippen LogP contribution in [0, 0.1) is 0 Å². The number of nitrogens with zero attached hydrogens (tertiary/aromatic N) is 2. The summed E-state index contributed by atoms with van der Waals surface area (Å²) in [5.41, 5.74) is 0.974. The van der Waals surface area contributed by atoms with E-state index < -0.39 is 0 Å². The van der Waals surface area contributed by atoms with Crippen molar-refractivity contribution in [1.82, 2.24) is 9.97 Å². The van der Waals surface area contributed by atoms with E-state index in [1.165, 1.54) is 0 Å². The van der Waals surface area contributed by atoms with Gasteiger partial charge in [-0.3, -0.25) is 0 Å². The maximum Gasteiger partial charge on any atom is 0.137 e. The lowest BCUT2D eigenvalue weighted by atomic mass is 10.0. The highest BCUT2D eigenvalue weighted by Gasteiger charge is 2.12. The fraction of sp³-hybridized carbons (Fsp3) is 0.286. The van der Waals surface area contributed by atoms with Crippen LogP contribution in [0.25, 0.3) is 10.9 Å². The summed E-state index contributed by atoms with van der Waals surface area (Å²) in [6.07, 6.45) is 9.48. The second kappa shape index (κ2) is 5.06. The summed E-state index contributed by atoms with van der Waals surface area (Å²) in [5.74, 6) is 0.932. The molecule has 0 radical (unpaired) electrons. The summed E-state index contributed by atoms with van der Waals surface area (Å²) in [6, 6.07) is 6.55. The van der Waals surface area contributed by atoms with Crippen LogP contribution < -0.4 is 5.32 Å². The molecule has 3 rings (SSSR count). The summed E-state index contributed by atoms with van der Waals surface area (Å²) in [4.78, 5) is 8.67. The van der Waals surface area contributed by atoms with E-state index in [1.54, 1.807) is 6.33 Å². The van der Waals surface area contributed by atoms with Crippen molar-refractivity contribution in [3.8, 4) is 0 Å². The zero-order valence-corrected chi connectivity index (χ0v) is 11.5. The predicted octanol–water partition coefficient (Wildman–Crippen LogP) is 3.91.